The second-order valence-corrected chi connectivity index (χ2v) is 5.60. The van der Waals surface area contributed by atoms with Gasteiger partial charge in [-0.05, 0) is 18.1 Å². The van der Waals surface area contributed by atoms with Crippen LogP contribution in [0.5, 0.6) is 0 Å². The van der Waals surface area contributed by atoms with Gasteiger partial charge in [0.2, 0.25) is 0 Å². The van der Waals surface area contributed by atoms with Crippen LogP contribution >= 0.6 is 0 Å². The fourth-order valence-electron chi connectivity index (χ4n) is 2.98. The highest BCUT2D eigenvalue weighted by atomic mass is 16.4. The average Bonchev–Trinajstić information content (AvgIpc) is 3.09. The first kappa shape index (κ1) is 14.4. The van der Waals surface area contributed by atoms with E-state index in [-0.39, 0.29) is 18.4 Å². The van der Waals surface area contributed by atoms with Crippen LogP contribution < -0.4 is 0 Å². The van der Waals surface area contributed by atoms with Crippen LogP contribution in [0.4, 0.5) is 0 Å². The highest BCUT2D eigenvalue weighted by Gasteiger charge is 2.34. The Morgan fingerprint density at radius 3 is 2.55 bits per heavy atom. The minimum Gasteiger partial charge on any atom is -0.481 e. The lowest BCUT2D eigenvalue weighted by atomic mass is 9.84. The molecule has 1 aromatic carbocycles. The summed E-state index contributed by atoms with van der Waals surface area (Å²) in [5.41, 5.74) is 1.52. The molecule has 1 aliphatic rings. The smallest absolute Gasteiger partial charge is 0.308 e. The molecule has 0 spiro atoms. The van der Waals surface area contributed by atoms with Crippen LogP contribution in [0.2, 0.25) is 0 Å². The molecule has 1 fully saturated rings. The molecule has 5 nitrogen and oxygen atoms in total. The van der Waals surface area contributed by atoms with Crippen LogP contribution in [-0.4, -0.2) is 35.0 Å². The Hall–Kier alpha value is -2.56. The molecule has 1 amide bonds. The number of carboxylic acid groups (broad SMARTS) is 1. The summed E-state index contributed by atoms with van der Waals surface area (Å²) < 4.78 is 4.95. The van der Waals surface area contributed by atoms with E-state index in [2.05, 4.69) is 0 Å². The minimum absolute atomic E-state index is 0.0342. The van der Waals surface area contributed by atoms with Crippen molar-refractivity contribution in [3.63, 3.8) is 0 Å². The van der Waals surface area contributed by atoms with E-state index in [0.717, 1.165) is 5.56 Å². The van der Waals surface area contributed by atoms with Gasteiger partial charge in [-0.3, -0.25) is 9.59 Å². The zero-order valence-corrected chi connectivity index (χ0v) is 12.0. The molecule has 5 heteroatoms. The first-order valence-electron chi connectivity index (χ1n) is 7.24. The van der Waals surface area contributed by atoms with Crippen LogP contribution in [0.15, 0.2) is 53.3 Å². The van der Waals surface area contributed by atoms with Crippen molar-refractivity contribution in [2.24, 2.45) is 5.92 Å². The molecule has 2 heterocycles. The third-order valence-corrected chi connectivity index (χ3v) is 4.13. The second-order valence-electron chi connectivity index (χ2n) is 5.60. The molecule has 2 unspecified atom stereocenters. The standard InChI is InChI=1S/C17H17NO4/c19-16(13-6-7-22-11-13)18-9-14(8-15(10-18)17(20)21)12-4-2-1-3-5-12/h1-7,11,14-15H,8-10H2,(H,20,21). The predicted molar refractivity (Wildman–Crippen MR) is 79.5 cm³/mol. The van der Waals surface area contributed by atoms with Gasteiger partial charge in [0.05, 0.1) is 17.7 Å². The molecule has 1 aromatic heterocycles. The van der Waals surface area contributed by atoms with Gasteiger partial charge in [-0.2, -0.15) is 0 Å². The number of carbonyl (C=O) groups excluding carboxylic acids is 1. The topological polar surface area (TPSA) is 70.8 Å². The van der Waals surface area contributed by atoms with E-state index in [9.17, 15) is 14.7 Å². The van der Waals surface area contributed by atoms with Crippen LogP contribution in [0.1, 0.15) is 28.3 Å². The number of furan rings is 1. The molecule has 2 atom stereocenters. The Bertz CT molecular complexity index is 651. The molecule has 22 heavy (non-hydrogen) atoms. The number of benzene rings is 1. The van der Waals surface area contributed by atoms with E-state index in [1.165, 1.54) is 12.5 Å². The molecule has 3 rings (SSSR count). The fraction of sp³-hybridized carbons (Fsp3) is 0.294. The van der Waals surface area contributed by atoms with Gasteiger partial charge < -0.3 is 14.4 Å². The summed E-state index contributed by atoms with van der Waals surface area (Å²) in [5, 5.41) is 9.38. The third kappa shape index (κ3) is 2.88. The maximum atomic E-state index is 12.5. The van der Waals surface area contributed by atoms with Gasteiger partial charge in [-0.25, -0.2) is 0 Å². The summed E-state index contributed by atoms with van der Waals surface area (Å²) >= 11 is 0. The van der Waals surface area contributed by atoms with Crippen LogP contribution in [0.3, 0.4) is 0 Å². The molecule has 1 N–H and O–H groups in total. The summed E-state index contributed by atoms with van der Waals surface area (Å²) in [4.78, 5) is 25.5. The molecule has 2 aromatic rings. The van der Waals surface area contributed by atoms with Gasteiger partial charge in [-0.1, -0.05) is 30.3 Å². The van der Waals surface area contributed by atoms with Crippen molar-refractivity contribution in [3.05, 3.63) is 60.1 Å². The normalized spacial score (nSPS) is 21.5. The average molecular weight is 299 g/mol. The number of nitrogens with zero attached hydrogens (tertiary/aromatic N) is 1. The first-order chi connectivity index (χ1) is 10.6. The van der Waals surface area contributed by atoms with Gasteiger partial charge >= 0.3 is 5.97 Å². The van der Waals surface area contributed by atoms with Crippen molar-refractivity contribution in [1.82, 2.24) is 4.90 Å². The van der Waals surface area contributed by atoms with Gasteiger partial charge in [0, 0.05) is 19.0 Å². The number of amides is 1. The van der Waals surface area contributed by atoms with Crippen LogP contribution in [0.25, 0.3) is 0 Å². The van der Waals surface area contributed by atoms with Gasteiger partial charge in [0.25, 0.3) is 5.91 Å². The number of piperidine rings is 1. The predicted octanol–water partition coefficient (Wildman–Crippen LogP) is 2.61. The number of rotatable bonds is 3. The Morgan fingerprint density at radius 2 is 1.91 bits per heavy atom. The molecule has 0 aliphatic carbocycles. The largest absolute Gasteiger partial charge is 0.481 e. The molecule has 1 saturated heterocycles. The maximum Gasteiger partial charge on any atom is 0.308 e. The van der Waals surface area contributed by atoms with E-state index in [4.69, 9.17) is 4.42 Å². The summed E-state index contributed by atoms with van der Waals surface area (Å²) in [6.07, 6.45) is 3.39. The Morgan fingerprint density at radius 1 is 1.14 bits per heavy atom. The number of hydrogen-bond acceptors (Lipinski definition) is 3. The van der Waals surface area contributed by atoms with Crippen molar-refractivity contribution < 1.29 is 19.1 Å². The number of likely N-dealkylation sites (tertiary alicyclic amines) is 1. The first-order valence-corrected chi connectivity index (χ1v) is 7.24. The van der Waals surface area contributed by atoms with E-state index < -0.39 is 11.9 Å². The lowest BCUT2D eigenvalue weighted by Gasteiger charge is -2.36. The Kier molecular flexibility index (Phi) is 3.96. The molecule has 0 radical (unpaired) electrons. The van der Waals surface area contributed by atoms with Crippen LogP contribution in [0, 0.1) is 5.92 Å². The molecular weight excluding hydrogens is 282 g/mol. The number of carboxylic acids is 1. The lowest BCUT2D eigenvalue weighted by Crippen LogP contribution is -2.45. The monoisotopic (exact) mass is 299 g/mol. The Labute approximate surface area is 128 Å². The summed E-state index contributed by atoms with van der Waals surface area (Å²) in [7, 11) is 0. The van der Waals surface area contributed by atoms with Crippen molar-refractivity contribution in [2.75, 3.05) is 13.1 Å². The quantitative estimate of drug-likeness (QED) is 0.945. The lowest BCUT2D eigenvalue weighted by molar-refractivity contribution is -0.143. The van der Waals surface area contributed by atoms with Crippen molar-refractivity contribution >= 4 is 11.9 Å². The highest BCUT2D eigenvalue weighted by molar-refractivity contribution is 5.94. The number of aliphatic carboxylic acids is 1. The van der Waals surface area contributed by atoms with E-state index >= 15 is 0 Å². The molecule has 1 aliphatic heterocycles. The van der Waals surface area contributed by atoms with E-state index in [1.54, 1.807) is 11.0 Å². The molecule has 0 bridgehead atoms. The van der Waals surface area contributed by atoms with Crippen molar-refractivity contribution in [1.29, 1.82) is 0 Å². The number of hydrogen-bond donors (Lipinski definition) is 1. The zero-order valence-electron chi connectivity index (χ0n) is 12.0. The van der Waals surface area contributed by atoms with Gasteiger partial charge in [-0.15, -0.1) is 0 Å². The number of carbonyl (C=O) groups is 2. The van der Waals surface area contributed by atoms with Gasteiger partial charge in [0.1, 0.15) is 6.26 Å². The highest BCUT2D eigenvalue weighted by Crippen LogP contribution is 2.31. The van der Waals surface area contributed by atoms with Crippen LogP contribution in [-0.2, 0) is 4.79 Å². The van der Waals surface area contributed by atoms with Crippen molar-refractivity contribution in [2.45, 2.75) is 12.3 Å². The SMILES string of the molecule is O=C(O)C1CC(c2ccccc2)CN(C(=O)c2ccoc2)C1. The maximum absolute atomic E-state index is 12.5. The Balaban J connectivity index is 1.84. The van der Waals surface area contributed by atoms with Crippen molar-refractivity contribution in [3.8, 4) is 0 Å². The van der Waals surface area contributed by atoms with E-state index in [1.807, 2.05) is 30.3 Å². The minimum atomic E-state index is -0.856. The molecule has 0 saturated carbocycles. The molecule has 114 valence electrons. The fourth-order valence-corrected chi connectivity index (χ4v) is 2.98. The summed E-state index contributed by atoms with van der Waals surface area (Å²) in [5.74, 6) is -1.55. The summed E-state index contributed by atoms with van der Waals surface area (Å²) in [6, 6.07) is 11.4. The molecular formula is C17H17NO4. The summed E-state index contributed by atoms with van der Waals surface area (Å²) in [6.45, 7) is 0.764. The zero-order chi connectivity index (χ0) is 15.5. The van der Waals surface area contributed by atoms with Gasteiger partial charge in [0.15, 0.2) is 0 Å². The van der Waals surface area contributed by atoms with E-state index in [0.29, 0.717) is 18.5 Å². The third-order valence-electron chi connectivity index (χ3n) is 4.13. The second kappa shape index (κ2) is 6.05.